The Morgan fingerprint density at radius 3 is 2.73 bits per heavy atom. The van der Waals surface area contributed by atoms with Gasteiger partial charge in [-0.2, -0.15) is 8.78 Å². The van der Waals surface area contributed by atoms with E-state index >= 15 is 0 Å². The molecule has 0 saturated heterocycles. The van der Waals surface area contributed by atoms with Crippen LogP contribution >= 0.6 is 15.9 Å². The van der Waals surface area contributed by atoms with Crippen molar-refractivity contribution in [2.24, 2.45) is 4.99 Å². The predicted molar refractivity (Wildman–Crippen MR) is 101 cm³/mol. The van der Waals surface area contributed by atoms with E-state index in [9.17, 15) is 8.78 Å². The molecule has 1 aromatic carbocycles. The van der Waals surface area contributed by atoms with Crippen molar-refractivity contribution in [2.45, 2.75) is 26.5 Å². The number of hydrogen-bond acceptors (Lipinski definition) is 4. The van der Waals surface area contributed by atoms with Crippen molar-refractivity contribution < 1.29 is 23.0 Å². The van der Waals surface area contributed by atoms with E-state index in [2.05, 4.69) is 36.3 Å². The summed E-state index contributed by atoms with van der Waals surface area (Å²) in [5.74, 6) is 0.724. The molecule has 2 N–H and O–H groups in total. The maximum atomic E-state index is 12.5. The first-order valence-electron chi connectivity index (χ1n) is 8.39. The van der Waals surface area contributed by atoms with Crippen LogP contribution in [0.25, 0.3) is 0 Å². The van der Waals surface area contributed by atoms with Crippen LogP contribution in [0.2, 0.25) is 0 Å². The number of alkyl halides is 2. The van der Waals surface area contributed by atoms with Gasteiger partial charge < -0.3 is 24.8 Å². The number of aliphatic imine (C=N–C) groups is 1. The number of nitrogens with zero attached hydrogens (tertiary/aromatic N) is 1. The summed E-state index contributed by atoms with van der Waals surface area (Å²) < 4.78 is 40.7. The van der Waals surface area contributed by atoms with E-state index in [0.29, 0.717) is 44.4 Å². The van der Waals surface area contributed by atoms with Gasteiger partial charge in [-0.3, -0.25) is 0 Å². The number of ether oxygens (including phenoxy) is 3. The van der Waals surface area contributed by atoms with Crippen LogP contribution in [-0.4, -0.2) is 52.6 Å². The molecular formula is C17H26BrF2N3O3. The van der Waals surface area contributed by atoms with Gasteiger partial charge in [0.05, 0.1) is 19.8 Å². The van der Waals surface area contributed by atoms with Gasteiger partial charge in [0, 0.05) is 36.8 Å². The lowest BCUT2D eigenvalue weighted by molar-refractivity contribution is -0.0504. The molecule has 148 valence electrons. The number of methoxy groups -OCH3 is 1. The van der Waals surface area contributed by atoms with Crippen molar-refractivity contribution in [3.05, 3.63) is 28.2 Å². The molecule has 1 rings (SSSR count). The van der Waals surface area contributed by atoms with Crippen molar-refractivity contribution in [3.63, 3.8) is 0 Å². The summed E-state index contributed by atoms with van der Waals surface area (Å²) in [4.78, 5) is 4.43. The van der Waals surface area contributed by atoms with Gasteiger partial charge in [0.1, 0.15) is 5.75 Å². The SMILES string of the molecule is CCNC(=NCc1cc(Br)ccc1OC(F)F)NCCCOCCOC. The molecule has 0 heterocycles. The van der Waals surface area contributed by atoms with Crippen molar-refractivity contribution in [1.29, 1.82) is 0 Å². The Kier molecular flexibility index (Phi) is 11.9. The highest BCUT2D eigenvalue weighted by Crippen LogP contribution is 2.25. The minimum absolute atomic E-state index is 0.120. The second-order valence-electron chi connectivity index (χ2n) is 5.21. The lowest BCUT2D eigenvalue weighted by Crippen LogP contribution is -2.38. The van der Waals surface area contributed by atoms with Crippen LogP contribution in [0.1, 0.15) is 18.9 Å². The molecule has 0 aliphatic carbocycles. The third-order valence-electron chi connectivity index (χ3n) is 3.18. The summed E-state index contributed by atoms with van der Waals surface area (Å²) in [6.07, 6.45) is 0.810. The fourth-order valence-electron chi connectivity index (χ4n) is 2.01. The van der Waals surface area contributed by atoms with Gasteiger partial charge in [-0.15, -0.1) is 0 Å². The molecule has 0 amide bonds. The van der Waals surface area contributed by atoms with E-state index in [1.807, 2.05) is 6.92 Å². The van der Waals surface area contributed by atoms with E-state index < -0.39 is 6.61 Å². The molecule has 0 fully saturated rings. The summed E-state index contributed by atoms with van der Waals surface area (Å²) in [7, 11) is 1.63. The first-order valence-corrected chi connectivity index (χ1v) is 9.18. The molecular weight excluding hydrogens is 412 g/mol. The van der Waals surface area contributed by atoms with Crippen LogP contribution in [-0.2, 0) is 16.0 Å². The van der Waals surface area contributed by atoms with Gasteiger partial charge in [0.15, 0.2) is 5.96 Å². The standard InChI is InChI=1S/C17H26BrF2N3O3/c1-3-21-17(22-7-4-8-25-10-9-24-2)23-12-13-11-14(18)5-6-15(13)26-16(19)20/h5-6,11,16H,3-4,7-10,12H2,1-2H3,(H2,21,22,23). The van der Waals surface area contributed by atoms with E-state index in [1.54, 1.807) is 19.2 Å². The fraction of sp³-hybridized carbons (Fsp3) is 0.588. The van der Waals surface area contributed by atoms with Crippen LogP contribution in [0.15, 0.2) is 27.7 Å². The summed E-state index contributed by atoms with van der Waals surface area (Å²) in [5.41, 5.74) is 0.569. The number of rotatable bonds is 12. The van der Waals surface area contributed by atoms with Crippen molar-refractivity contribution >= 4 is 21.9 Å². The van der Waals surface area contributed by atoms with Crippen molar-refractivity contribution in [1.82, 2.24) is 10.6 Å². The Labute approximate surface area is 161 Å². The predicted octanol–water partition coefficient (Wildman–Crippen LogP) is 3.16. The highest BCUT2D eigenvalue weighted by Gasteiger charge is 2.10. The molecule has 0 aliphatic heterocycles. The molecule has 0 saturated carbocycles. The van der Waals surface area contributed by atoms with E-state index in [0.717, 1.165) is 10.9 Å². The van der Waals surface area contributed by atoms with Crippen LogP contribution in [0, 0.1) is 0 Å². The zero-order valence-corrected chi connectivity index (χ0v) is 16.7. The number of benzene rings is 1. The van der Waals surface area contributed by atoms with Crippen LogP contribution < -0.4 is 15.4 Å². The zero-order valence-electron chi connectivity index (χ0n) is 15.1. The molecule has 26 heavy (non-hydrogen) atoms. The number of halogens is 3. The van der Waals surface area contributed by atoms with Gasteiger partial charge >= 0.3 is 6.61 Å². The molecule has 0 aliphatic rings. The van der Waals surface area contributed by atoms with Crippen molar-refractivity contribution in [2.75, 3.05) is 40.0 Å². The number of nitrogens with one attached hydrogen (secondary N) is 2. The minimum atomic E-state index is -2.87. The summed E-state index contributed by atoms with van der Waals surface area (Å²) in [5, 5.41) is 6.30. The van der Waals surface area contributed by atoms with Gasteiger partial charge in [0.25, 0.3) is 0 Å². The van der Waals surface area contributed by atoms with E-state index in [1.165, 1.54) is 6.07 Å². The Balaban J connectivity index is 2.56. The zero-order chi connectivity index (χ0) is 19.2. The summed E-state index contributed by atoms with van der Waals surface area (Å²) in [6, 6.07) is 4.87. The Morgan fingerprint density at radius 1 is 1.23 bits per heavy atom. The van der Waals surface area contributed by atoms with Gasteiger partial charge in [-0.1, -0.05) is 15.9 Å². The highest BCUT2D eigenvalue weighted by molar-refractivity contribution is 9.10. The first-order chi connectivity index (χ1) is 12.6. The van der Waals surface area contributed by atoms with E-state index in [4.69, 9.17) is 9.47 Å². The lowest BCUT2D eigenvalue weighted by atomic mass is 10.2. The molecule has 0 aromatic heterocycles. The normalized spacial score (nSPS) is 11.7. The lowest BCUT2D eigenvalue weighted by Gasteiger charge is -2.13. The maximum absolute atomic E-state index is 12.5. The topological polar surface area (TPSA) is 64.1 Å². The Bertz CT molecular complexity index is 548. The highest BCUT2D eigenvalue weighted by atomic mass is 79.9. The van der Waals surface area contributed by atoms with Crippen molar-refractivity contribution in [3.8, 4) is 5.75 Å². The van der Waals surface area contributed by atoms with Gasteiger partial charge in [-0.05, 0) is 31.5 Å². The maximum Gasteiger partial charge on any atom is 0.387 e. The van der Waals surface area contributed by atoms with E-state index in [-0.39, 0.29) is 12.3 Å². The third kappa shape index (κ3) is 9.88. The summed E-state index contributed by atoms with van der Waals surface area (Å²) in [6.45, 7) is 2.42. The first kappa shape index (κ1) is 22.6. The molecule has 0 spiro atoms. The number of hydrogen-bond donors (Lipinski definition) is 2. The summed E-state index contributed by atoms with van der Waals surface area (Å²) >= 11 is 3.33. The monoisotopic (exact) mass is 437 g/mol. The third-order valence-corrected chi connectivity index (χ3v) is 3.67. The Morgan fingerprint density at radius 2 is 2.04 bits per heavy atom. The second-order valence-corrected chi connectivity index (χ2v) is 6.13. The fourth-order valence-corrected chi connectivity index (χ4v) is 2.42. The number of guanidine groups is 1. The van der Waals surface area contributed by atoms with Crippen LogP contribution in [0.4, 0.5) is 8.78 Å². The largest absolute Gasteiger partial charge is 0.434 e. The smallest absolute Gasteiger partial charge is 0.387 e. The van der Waals surface area contributed by atoms with Gasteiger partial charge in [-0.25, -0.2) is 4.99 Å². The molecule has 0 radical (unpaired) electrons. The molecule has 6 nitrogen and oxygen atoms in total. The molecule has 0 atom stereocenters. The quantitative estimate of drug-likeness (QED) is 0.298. The molecule has 0 bridgehead atoms. The second kappa shape index (κ2) is 13.7. The molecule has 1 aromatic rings. The molecule has 0 unspecified atom stereocenters. The van der Waals surface area contributed by atoms with Crippen LogP contribution in [0.5, 0.6) is 5.75 Å². The average Bonchev–Trinajstić information content (AvgIpc) is 2.60. The average molecular weight is 438 g/mol. The minimum Gasteiger partial charge on any atom is -0.434 e. The van der Waals surface area contributed by atoms with Gasteiger partial charge in [0.2, 0.25) is 0 Å². The molecule has 9 heteroatoms. The Hall–Kier alpha value is -1.45. The van der Waals surface area contributed by atoms with Crippen LogP contribution in [0.3, 0.4) is 0 Å².